The Labute approximate surface area is 156 Å². The lowest BCUT2D eigenvalue weighted by Gasteiger charge is -2.08. The smallest absolute Gasteiger partial charge is 0.303 e. The van der Waals surface area contributed by atoms with E-state index in [9.17, 15) is 9.59 Å². The number of amides is 2. The molecule has 0 unspecified atom stereocenters. The van der Waals surface area contributed by atoms with Gasteiger partial charge in [-0.1, -0.05) is 24.3 Å². The molecule has 4 rings (SSSR count). The van der Waals surface area contributed by atoms with Crippen LogP contribution in [0, 0.1) is 12.8 Å². The highest BCUT2D eigenvalue weighted by molar-refractivity contribution is 6.43. The molecule has 2 heterocycles. The number of H-pyrrole nitrogens is 1. The van der Waals surface area contributed by atoms with Crippen LogP contribution in [0.25, 0.3) is 11.3 Å². The fourth-order valence-corrected chi connectivity index (χ4v) is 2.87. The van der Waals surface area contributed by atoms with E-state index < -0.39 is 11.8 Å². The molecule has 0 atom stereocenters. The number of hydrogen-bond acceptors (Lipinski definition) is 4. The maximum atomic E-state index is 12.2. The van der Waals surface area contributed by atoms with E-state index in [2.05, 4.69) is 25.9 Å². The normalized spacial score (nSPS) is 13.4. The molecular formula is C19H20N6O2. The molecule has 1 aliphatic rings. The molecule has 0 spiro atoms. The zero-order chi connectivity index (χ0) is 18.8. The van der Waals surface area contributed by atoms with Gasteiger partial charge in [-0.15, -0.1) is 0 Å². The third-order valence-electron chi connectivity index (χ3n) is 4.55. The van der Waals surface area contributed by atoms with E-state index in [0.29, 0.717) is 17.6 Å². The van der Waals surface area contributed by atoms with Crippen LogP contribution in [-0.2, 0) is 16.1 Å². The number of nitrogens with zero attached hydrogens (tertiary/aromatic N) is 3. The lowest BCUT2D eigenvalue weighted by Crippen LogP contribution is -2.30. The summed E-state index contributed by atoms with van der Waals surface area (Å²) >= 11 is 0. The second-order valence-corrected chi connectivity index (χ2v) is 6.73. The highest BCUT2D eigenvalue weighted by Crippen LogP contribution is 2.31. The van der Waals surface area contributed by atoms with Crippen molar-refractivity contribution in [2.24, 2.45) is 5.92 Å². The molecule has 0 radical (unpaired) electrons. The molecule has 138 valence electrons. The number of aryl methyl sites for hydroxylation is 1. The minimum Gasteiger partial charge on any atom is -0.303 e. The second kappa shape index (κ2) is 7.06. The summed E-state index contributed by atoms with van der Waals surface area (Å²) in [6.45, 7) is 2.75. The minimum absolute atomic E-state index is 0.292. The summed E-state index contributed by atoms with van der Waals surface area (Å²) in [5.41, 5.74) is 2.84. The lowest BCUT2D eigenvalue weighted by molar-refractivity contribution is -0.133. The average molecular weight is 364 g/mol. The summed E-state index contributed by atoms with van der Waals surface area (Å²) in [6, 6.07) is 11.2. The van der Waals surface area contributed by atoms with Gasteiger partial charge in [0.2, 0.25) is 0 Å². The fraction of sp³-hybridized carbons (Fsp3) is 0.263. The van der Waals surface area contributed by atoms with E-state index in [4.69, 9.17) is 0 Å². The monoisotopic (exact) mass is 364 g/mol. The summed E-state index contributed by atoms with van der Waals surface area (Å²) in [5.74, 6) is -0.118. The van der Waals surface area contributed by atoms with E-state index in [-0.39, 0.29) is 0 Å². The van der Waals surface area contributed by atoms with Gasteiger partial charge in [0.15, 0.2) is 5.82 Å². The van der Waals surface area contributed by atoms with Gasteiger partial charge >= 0.3 is 11.8 Å². The average Bonchev–Trinajstić information content (AvgIpc) is 3.17. The number of carbonyl (C=O) groups excluding carboxylic acids is 2. The highest BCUT2D eigenvalue weighted by Gasteiger charge is 2.24. The van der Waals surface area contributed by atoms with Gasteiger partial charge in [0.05, 0.1) is 11.9 Å². The van der Waals surface area contributed by atoms with Crippen molar-refractivity contribution in [3.63, 3.8) is 0 Å². The SMILES string of the molecule is Cc1ccccc1-c1cc(NC(=O)C(=O)Nc2ccnn2CC2CC2)n[nH]1. The van der Waals surface area contributed by atoms with Gasteiger partial charge in [-0.25, -0.2) is 4.68 Å². The number of aromatic nitrogens is 4. The first kappa shape index (κ1) is 17.0. The van der Waals surface area contributed by atoms with Gasteiger partial charge < -0.3 is 10.6 Å². The first-order chi connectivity index (χ1) is 13.1. The number of nitrogens with one attached hydrogen (secondary N) is 3. The molecule has 1 aliphatic carbocycles. The van der Waals surface area contributed by atoms with Crippen LogP contribution in [0.2, 0.25) is 0 Å². The summed E-state index contributed by atoms with van der Waals surface area (Å²) in [6.07, 6.45) is 3.96. The Morgan fingerprint density at radius 3 is 2.74 bits per heavy atom. The van der Waals surface area contributed by atoms with Crippen molar-refractivity contribution in [1.29, 1.82) is 0 Å². The van der Waals surface area contributed by atoms with Gasteiger partial charge in [-0.05, 0) is 31.2 Å². The van der Waals surface area contributed by atoms with Gasteiger partial charge in [0.25, 0.3) is 0 Å². The molecule has 27 heavy (non-hydrogen) atoms. The topological polar surface area (TPSA) is 105 Å². The number of hydrogen-bond donors (Lipinski definition) is 3. The first-order valence-corrected chi connectivity index (χ1v) is 8.85. The van der Waals surface area contributed by atoms with Crippen molar-refractivity contribution >= 4 is 23.5 Å². The van der Waals surface area contributed by atoms with Gasteiger partial charge in [-0.2, -0.15) is 10.2 Å². The number of anilines is 2. The van der Waals surface area contributed by atoms with Crippen molar-refractivity contribution in [1.82, 2.24) is 20.0 Å². The Kier molecular flexibility index (Phi) is 4.45. The van der Waals surface area contributed by atoms with Crippen LogP contribution in [0.1, 0.15) is 18.4 Å². The van der Waals surface area contributed by atoms with Crippen molar-refractivity contribution in [2.75, 3.05) is 10.6 Å². The number of aromatic amines is 1. The third kappa shape index (κ3) is 3.89. The largest absolute Gasteiger partial charge is 0.315 e. The van der Waals surface area contributed by atoms with E-state index in [1.165, 1.54) is 12.8 Å². The number of carbonyl (C=O) groups is 2. The van der Waals surface area contributed by atoms with Crippen molar-refractivity contribution in [2.45, 2.75) is 26.3 Å². The van der Waals surface area contributed by atoms with Crippen LogP contribution in [0.5, 0.6) is 0 Å². The van der Waals surface area contributed by atoms with Crippen molar-refractivity contribution in [3.8, 4) is 11.3 Å². The Morgan fingerprint density at radius 1 is 1.19 bits per heavy atom. The maximum absolute atomic E-state index is 12.2. The number of benzene rings is 1. The molecule has 1 saturated carbocycles. The Bertz CT molecular complexity index is 986. The molecule has 3 aromatic rings. The van der Waals surface area contributed by atoms with Gasteiger partial charge in [0.1, 0.15) is 5.82 Å². The molecule has 1 fully saturated rings. The lowest BCUT2D eigenvalue weighted by atomic mass is 10.1. The summed E-state index contributed by atoms with van der Waals surface area (Å²) in [4.78, 5) is 24.4. The molecule has 8 heteroatoms. The Balaban J connectivity index is 1.40. The molecule has 0 bridgehead atoms. The third-order valence-corrected chi connectivity index (χ3v) is 4.55. The predicted octanol–water partition coefficient (Wildman–Crippen LogP) is 2.57. The van der Waals surface area contributed by atoms with Gasteiger partial charge in [0, 0.05) is 24.2 Å². The van der Waals surface area contributed by atoms with Gasteiger partial charge in [-0.3, -0.25) is 14.7 Å². The van der Waals surface area contributed by atoms with E-state index in [1.807, 2.05) is 31.2 Å². The molecular weight excluding hydrogens is 344 g/mol. The van der Waals surface area contributed by atoms with Crippen LogP contribution in [-0.4, -0.2) is 31.8 Å². The molecule has 0 aliphatic heterocycles. The quantitative estimate of drug-likeness (QED) is 0.605. The van der Waals surface area contributed by atoms with Crippen LogP contribution in [0.15, 0.2) is 42.6 Å². The molecule has 2 amide bonds. The second-order valence-electron chi connectivity index (χ2n) is 6.73. The Hall–Kier alpha value is -3.42. The molecule has 0 saturated heterocycles. The van der Waals surface area contributed by atoms with Crippen LogP contribution < -0.4 is 10.6 Å². The van der Waals surface area contributed by atoms with Crippen LogP contribution >= 0.6 is 0 Å². The van der Waals surface area contributed by atoms with E-state index in [1.54, 1.807) is 23.0 Å². The Morgan fingerprint density at radius 2 is 1.96 bits per heavy atom. The van der Waals surface area contributed by atoms with Crippen molar-refractivity contribution in [3.05, 3.63) is 48.2 Å². The zero-order valence-electron chi connectivity index (χ0n) is 14.9. The zero-order valence-corrected chi connectivity index (χ0v) is 14.9. The molecule has 3 N–H and O–H groups in total. The molecule has 8 nitrogen and oxygen atoms in total. The van der Waals surface area contributed by atoms with E-state index >= 15 is 0 Å². The fourth-order valence-electron chi connectivity index (χ4n) is 2.87. The van der Waals surface area contributed by atoms with Crippen LogP contribution in [0.3, 0.4) is 0 Å². The summed E-state index contributed by atoms with van der Waals surface area (Å²) in [5, 5.41) is 16.3. The highest BCUT2D eigenvalue weighted by atomic mass is 16.2. The first-order valence-electron chi connectivity index (χ1n) is 8.85. The summed E-state index contributed by atoms with van der Waals surface area (Å²) < 4.78 is 1.72. The van der Waals surface area contributed by atoms with E-state index in [0.717, 1.165) is 23.4 Å². The summed E-state index contributed by atoms with van der Waals surface area (Å²) in [7, 11) is 0. The van der Waals surface area contributed by atoms with Crippen LogP contribution in [0.4, 0.5) is 11.6 Å². The molecule has 1 aromatic carbocycles. The standard InChI is InChI=1S/C19H20N6O2/c1-12-4-2-3-5-14(12)15-10-16(24-23-15)21-18(26)19(27)22-17-8-9-20-25(17)11-13-6-7-13/h2-5,8-10,13H,6-7,11H2,1H3,(H,22,27)(H2,21,23,24,26). The molecule has 2 aromatic heterocycles. The minimum atomic E-state index is -0.781. The predicted molar refractivity (Wildman–Crippen MR) is 101 cm³/mol. The number of rotatable bonds is 5. The maximum Gasteiger partial charge on any atom is 0.315 e. The van der Waals surface area contributed by atoms with Crippen molar-refractivity contribution < 1.29 is 9.59 Å².